The van der Waals surface area contributed by atoms with E-state index in [1.165, 1.54) is 159 Å². The van der Waals surface area contributed by atoms with E-state index < -0.39 is 0 Å². The Labute approximate surface area is 438 Å². The van der Waals surface area contributed by atoms with Gasteiger partial charge in [-0.15, -0.1) is 0 Å². The molecule has 3 unspecified atom stereocenters. The third kappa shape index (κ3) is 11.6. The molecule has 7 heteroatoms. The van der Waals surface area contributed by atoms with Crippen LogP contribution in [0.4, 0.5) is 0 Å². The van der Waals surface area contributed by atoms with Crippen LogP contribution in [-0.4, -0.2) is 63.1 Å². The van der Waals surface area contributed by atoms with Crippen LogP contribution in [0, 0.1) is 42.4 Å². The average molecular weight is 983 g/mol. The smallest absolute Gasteiger partial charge is 0.0768 e. The van der Waals surface area contributed by atoms with E-state index in [0.717, 1.165) is 93.6 Å². The summed E-state index contributed by atoms with van der Waals surface area (Å²) in [4.78, 5) is 14.3. The topological polar surface area (TPSA) is 78.1 Å². The Balaban J connectivity index is 0.732. The molecule has 1 aliphatic heterocycles. The lowest BCUT2D eigenvalue weighted by atomic mass is 9.68. The van der Waals surface area contributed by atoms with Crippen LogP contribution in [0.5, 0.6) is 0 Å². The van der Waals surface area contributed by atoms with Crippen molar-refractivity contribution in [2.24, 2.45) is 41.2 Å². The standard InChI is InChI=1S/C66H91N7/c1-9-44(5)25-30-68-39-54-37-52-28-33-72(41-58(52)63-56-35-45(6)11-23-61(56)69-65(54)63)31-26-48-13-18-50(19-14-48)51-20-15-49(16-21-51)27-32-73-34-29-53-38-55(40-71(8)46(7)12-22-60(67)43(3)4)66-64(59(53)42-73)57-36-47(10-2)17-24-62(57)70-66/h11,17,23-24,28-29,34-38,41-44,46,48-51,60,68-69H,9-10,12-16,18-22,25-27,30-33,39-40,67H2,1-8H3. The second-order valence-corrected chi connectivity index (χ2v) is 24.4. The molecule has 2 fully saturated rings. The number of nitrogens with two attached hydrogens (primary N) is 1. The van der Waals surface area contributed by atoms with Crippen molar-refractivity contribution in [3.63, 3.8) is 0 Å². The number of H-pyrrole nitrogens is 1. The number of aromatic amines is 1. The van der Waals surface area contributed by atoms with Crippen LogP contribution in [0.15, 0.2) is 67.0 Å². The van der Waals surface area contributed by atoms with Crippen molar-refractivity contribution in [2.45, 2.75) is 176 Å². The van der Waals surface area contributed by atoms with Crippen molar-refractivity contribution in [1.82, 2.24) is 29.7 Å². The largest absolute Gasteiger partial charge is 0.373 e. The predicted octanol–water partition coefficient (Wildman–Crippen LogP) is 13.9. The number of pyridine rings is 1. The molecule has 2 saturated carbocycles. The number of aromatic nitrogens is 3. The number of nitrogens with one attached hydrogen (secondary N) is 2. The fourth-order valence-corrected chi connectivity index (χ4v) is 13.4. The van der Waals surface area contributed by atoms with Crippen LogP contribution >= 0.6 is 0 Å². The van der Waals surface area contributed by atoms with Gasteiger partial charge in [0.2, 0.25) is 0 Å². The molecule has 4 aromatic carbocycles. The predicted molar refractivity (Wildman–Crippen MR) is 313 cm³/mol. The maximum absolute atomic E-state index is 6.47. The minimum atomic E-state index is 0.255. The molecule has 0 saturated heterocycles. The highest BCUT2D eigenvalue weighted by Gasteiger charge is 2.31. The highest BCUT2D eigenvalue weighted by Crippen LogP contribution is 2.43. The molecule has 3 aromatic heterocycles. The highest BCUT2D eigenvalue weighted by atomic mass is 15.1. The van der Waals surface area contributed by atoms with Crippen LogP contribution < -0.4 is 21.5 Å². The summed E-state index contributed by atoms with van der Waals surface area (Å²) in [7, 11) is 2.27. The van der Waals surface area contributed by atoms with E-state index in [1.54, 1.807) is 0 Å². The van der Waals surface area contributed by atoms with Gasteiger partial charge in [-0.2, -0.15) is 0 Å². The Morgan fingerprint density at radius 2 is 1.55 bits per heavy atom. The molecule has 73 heavy (non-hydrogen) atoms. The van der Waals surface area contributed by atoms with E-state index >= 15 is 0 Å². The number of hydrogen-bond acceptors (Lipinski definition) is 5. The molecule has 7 nitrogen and oxygen atoms in total. The molecule has 3 atom stereocenters. The third-order valence-electron chi connectivity index (χ3n) is 19.0. The second kappa shape index (κ2) is 23.1. The summed E-state index contributed by atoms with van der Waals surface area (Å²) in [5.74, 6) is 4.84. The lowest BCUT2D eigenvalue weighted by molar-refractivity contribution is 0.138. The van der Waals surface area contributed by atoms with Gasteiger partial charge in [-0.05, 0) is 197 Å². The summed E-state index contributed by atoms with van der Waals surface area (Å²) in [5.41, 5.74) is 16.8. The first-order chi connectivity index (χ1) is 35.4. The quantitative estimate of drug-likeness (QED) is 0.0626. The van der Waals surface area contributed by atoms with E-state index in [0.29, 0.717) is 12.0 Å². The monoisotopic (exact) mass is 982 g/mol. The first kappa shape index (κ1) is 51.8. The SMILES string of the molecule is CCc1ccc2nc3c(CN(C)C(C)CCC(N)C(C)C)cc4ccn(CCC5CCC(C6CCC(CCN7C=c8c(cc(CNCCC(C)CC)c9[nH]c%10ccc(C)cc%10c89)=CC7)CC6)CC5)cc4c3c2c1. The summed E-state index contributed by atoms with van der Waals surface area (Å²) >= 11 is 0. The van der Waals surface area contributed by atoms with Gasteiger partial charge in [-0.3, -0.25) is 4.90 Å². The van der Waals surface area contributed by atoms with E-state index in [4.69, 9.17) is 10.7 Å². The van der Waals surface area contributed by atoms with Gasteiger partial charge in [0.15, 0.2) is 0 Å². The molecule has 2 aliphatic carbocycles. The van der Waals surface area contributed by atoms with Crippen molar-refractivity contribution >= 4 is 66.7 Å². The Bertz CT molecular complexity index is 3120. The molecule has 0 spiro atoms. The van der Waals surface area contributed by atoms with Crippen LogP contribution in [0.2, 0.25) is 0 Å². The van der Waals surface area contributed by atoms with Gasteiger partial charge < -0.3 is 25.5 Å². The van der Waals surface area contributed by atoms with E-state index in [1.807, 2.05) is 0 Å². The number of hydrogen-bond donors (Lipinski definition) is 3. The lowest BCUT2D eigenvalue weighted by Gasteiger charge is -2.38. The molecular weight excluding hydrogens is 891 g/mol. The van der Waals surface area contributed by atoms with Gasteiger partial charge >= 0.3 is 0 Å². The van der Waals surface area contributed by atoms with Gasteiger partial charge in [-0.1, -0.05) is 90.5 Å². The summed E-state index contributed by atoms with van der Waals surface area (Å²) in [6.45, 7) is 22.1. The maximum Gasteiger partial charge on any atom is 0.0768 e. The van der Waals surface area contributed by atoms with Gasteiger partial charge in [0.05, 0.1) is 16.6 Å². The van der Waals surface area contributed by atoms with Gasteiger partial charge in [0.25, 0.3) is 0 Å². The zero-order chi connectivity index (χ0) is 50.8. The fraction of sp³-hybridized carbons (Fsp3) is 0.561. The average Bonchev–Trinajstić information content (AvgIpc) is 3.99. The molecule has 0 radical (unpaired) electrons. The highest BCUT2D eigenvalue weighted by molar-refractivity contribution is 6.21. The number of rotatable bonds is 21. The van der Waals surface area contributed by atoms with Crippen molar-refractivity contribution in [3.05, 3.63) is 99.7 Å². The Morgan fingerprint density at radius 3 is 2.27 bits per heavy atom. The van der Waals surface area contributed by atoms with Crippen LogP contribution in [0.1, 0.15) is 154 Å². The lowest BCUT2D eigenvalue weighted by Crippen LogP contribution is -2.37. The summed E-state index contributed by atoms with van der Waals surface area (Å²) < 4.78 is 2.50. The summed E-state index contributed by atoms with van der Waals surface area (Å²) in [5, 5.41) is 14.7. The molecule has 7 aromatic rings. The summed E-state index contributed by atoms with van der Waals surface area (Å²) in [6, 6.07) is 21.8. The van der Waals surface area contributed by atoms with Gasteiger partial charge in [0.1, 0.15) is 0 Å². The Hall–Kier alpha value is -4.69. The van der Waals surface area contributed by atoms with Crippen LogP contribution in [0.25, 0.3) is 66.7 Å². The Morgan fingerprint density at radius 1 is 0.795 bits per heavy atom. The van der Waals surface area contributed by atoms with E-state index in [2.05, 4.69) is 159 Å². The number of benzene rings is 4. The van der Waals surface area contributed by atoms with Crippen molar-refractivity contribution < 1.29 is 0 Å². The molecule has 0 bridgehead atoms. The fourth-order valence-electron chi connectivity index (χ4n) is 13.4. The maximum atomic E-state index is 6.47. The van der Waals surface area contributed by atoms with Crippen molar-refractivity contribution in [3.8, 4) is 0 Å². The third-order valence-corrected chi connectivity index (χ3v) is 19.0. The first-order valence-electron chi connectivity index (χ1n) is 29.4. The second-order valence-electron chi connectivity index (χ2n) is 24.4. The summed E-state index contributed by atoms with van der Waals surface area (Å²) in [6.07, 6.45) is 29.5. The molecule has 4 heterocycles. The van der Waals surface area contributed by atoms with Gasteiger partial charge in [0, 0.05) is 101 Å². The number of aryl methyl sites for hydroxylation is 3. The number of nitrogens with zero attached hydrogens (tertiary/aromatic N) is 4. The normalized spacial score (nSPS) is 20.9. The molecule has 10 rings (SSSR count). The van der Waals surface area contributed by atoms with Crippen molar-refractivity contribution in [1.29, 1.82) is 0 Å². The first-order valence-corrected chi connectivity index (χ1v) is 29.4. The Kier molecular flexibility index (Phi) is 16.4. The van der Waals surface area contributed by atoms with Crippen LogP contribution in [0.3, 0.4) is 0 Å². The zero-order valence-electron chi connectivity index (χ0n) is 46.3. The molecule has 4 N–H and O–H groups in total. The molecule has 3 aliphatic rings. The number of fused-ring (bicyclic) bond motifs is 10. The van der Waals surface area contributed by atoms with E-state index in [9.17, 15) is 0 Å². The molecule has 390 valence electrons. The molecular formula is C66H91N7. The minimum absolute atomic E-state index is 0.255. The van der Waals surface area contributed by atoms with Crippen LogP contribution in [-0.2, 0) is 26.1 Å². The van der Waals surface area contributed by atoms with Crippen molar-refractivity contribution in [2.75, 3.05) is 26.7 Å². The zero-order valence-corrected chi connectivity index (χ0v) is 46.3. The molecule has 0 amide bonds. The van der Waals surface area contributed by atoms with Gasteiger partial charge in [-0.25, -0.2) is 4.98 Å². The minimum Gasteiger partial charge on any atom is -0.373 e. The van der Waals surface area contributed by atoms with E-state index in [-0.39, 0.29) is 6.04 Å².